The fourth-order valence-corrected chi connectivity index (χ4v) is 3.45. The van der Waals surface area contributed by atoms with Crippen molar-refractivity contribution in [2.24, 2.45) is 4.99 Å². The lowest BCUT2D eigenvalue weighted by molar-refractivity contribution is -0.255. The molecule has 2 aliphatic rings. The molecule has 1 aromatic rings. The minimum absolute atomic E-state index is 0.120. The first-order valence-electron chi connectivity index (χ1n) is 7.22. The fourth-order valence-electron chi connectivity index (χ4n) is 2.55. The van der Waals surface area contributed by atoms with Crippen LogP contribution in [0.5, 0.6) is 0 Å². The summed E-state index contributed by atoms with van der Waals surface area (Å²) in [5, 5.41) is 14.1. The number of rotatable bonds is 3. The van der Waals surface area contributed by atoms with Crippen molar-refractivity contribution in [2.45, 2.75) is 31.7 Å². The van der Waals surface area contributed by atoms with E-state index < -0.39 is 5.97 Å². The van der Waals surface area contributed by atoms with Gasteiger partial charge in [0.15, 0.2) is 5.17 Å². The second-order valence-electron chi connectivity index (χ2n) is 5.35. The molecule has 1 amide bonds. The Labute approximate surface area is 132 Å². The Morgan fingerprint density at radius 1 is 1.27 bits per heavy atom. The summed E-state index contributed by atoms with van der Waals surface area (Å²) in [6, 6.07) is 6.56. The Bertz CT molecular complexity index is 658. The average Bonchev–Trinajstić information content (AvgIpc) is 3.11. The van der Waals surface area contributed by atoms with E-state index >= 15 is 0 Å². The summed E-state index contributed by atoms with van der Waals surface area (Å²) < 4.78 is 0. The number of carbonyl (C=O) groups excluding carboxylic acids is 2. The number of benzene rings is 1. The van der Waals surface area contributed by atoms with Crippen molar-refractivity contribution in [1.29, 1.82) is 0 Å². The molecule has 3 rings (SSSR count). The molecule has 1 saturated carbocycles. The van der Waals surface area contributed by atoms with Crippen molar-refractivity contribution in [2.75, 3.05) is 0 Å². The SMILES string of the molecule is O=C1NC(=NC2CCCC2)S/C1=C\c1ccc(C(=O)[O-])cc1. The van der Waals surface area contributed by atoms with E-state index in [4.69, 9.17) is 0 Å². The highest BCUT2D eigenvalue weighted by molar-refractivity contribution is 8.18. The Hall–Kier alpha value is -2.08. The quantitative estimate of drug-likeness (QED) is 0.858. The first kappa shape index (κ1) is 14.8. The number of carboxylic acid groups (broad SMARTS) is 1. The van der Waals surface area contributed by atoms with Crippen molar-refractivity contribution in [3.05, 3.63) is 40.3 Å². The molecule has 1 saturated heterocycles. The number of carboxylic acids is 1. The van der Waals surface area contributed by atoms with Gasteiger partial charge in [0, 0.05) is 0 Å². The number of thioether (sulfide) groups is 1. The fraction of sp³-hybridized carbons (Fsp3) is 0.312. The Kier molecular flexibility index (Phi) is 4.29. The highest BCUT2D eigenvalue weighted by atomic mass is 32.2. The molecule has 0 spiro atoms. The van der Waals surface area contributed by atoms with Crippen LogP contribution in [0.15, 0.2) is 34.2 Å². The van der Waals surface area contributed by atoms with Crippen LogP contribution < -0.4 is 10.4 Å². The van der Waals surface area contributed by atoms with E-state index in [0.29, 0.717) is 16.1 Å². The van der Waals surface area contributed by atoms with Gasteiger partial charge in [0.2, 0.25) is 0 Å². The second kappa shape index (κ2) is 6.36. The van der Waals surface area contributed by atoms with Gasteiger partial charge in [-0.2, -0.15) is 0 Å². The molecule has 22 heavy (non-hydrogen) atoms. The average molecular weight is 315 g/mol. The summed E-state index contributed by atoms with van der Waals surface area (Å²) in [4.78, 5) is 27.8. The van der Waals surface area contributed by atoms with Gasteiger partial charge < -0.3 is 15.2 Å². The number of nitrogens with one attached hydrogen (secondary N) is 1. The van der Waals surface area contributed by atoms with Gasteiger partial charge in [-0.15, -0.1) is 0 Å². The van der Waals surface area contributed by atoms with E-state index in [-0.39, 0.29) is 11.5 Å². The van der Waals surface area contributed by atoms with Crippen LogP contribution >= 0.6 is 11.8 Å². The highest BCUT2D eigenvalue weighted by Gasteiger charge is 2.25. The Balaban J connectivity index is 1.73. The van der Waals surface area contributed by atoms with Crippen LogP contribution in [0.4, 0.5) is 0 Å². The van der Waals surface area contributed by atoms with E-state index in [0.717, 1.165) is 18.4 Å². The van der Waals surface area contributed by atoms with Crippen LogP contribution in [0.2, 0.25) is 0 Å². The number of carbonyl (C=O) groups is 2. The monoisotopic (exact) mass is 315 g/mol. The van der Waals surface area contributed by atoms with Gasteiger partial charge >= 0.3 is 0 Å². The van der Waals surface area contributed by atoms with E-state index in [2.05, 4.69) is 10.3 Å². The standard InChI is InChI=1S/C16H16N2O3S/c19-14-13(9-10-5-7-11(8-6-10)15(20)21)22-16(18-14)17-12-3-1-2-4-12/h5-9,12H,1-4H2,(H,20,21)(H,17,18,19)/p-1/b13-9-. The number of nitrogens with zero attached hydrogens (tertiary/aromatic N) is 1. The van der Waals surface area contributed by atoms with Crippen molar-refractivity contribution >= 4 is 34.9 Å². The van der Waals surface area contributed by atoms with Crippen molar-refractivity contribution in [3.8, 4) is 0 Å². The maximum absolute atomic E-state index is 12.0. The van der Waals surface area contributed by atoms with Crippen LogP contribution in [0.3, 0.4) is 0 Å². The van der Waals surface area contributed by atoms with Gasteiger partial charge in [0.1, 0.15) is 0 Å². The largest absolute Gasteiger partial charge is 0.545 e. The molecule has 6 heteroatoms. The van der Waals surface area contributed by atoms with E-state index in [9.17, 15) is 14.7 Å². The molecule has 1 aliphatic heterocycles. The Morgan fingerprint density at radius 2 is 1.95 bits per heavy atom. The lowest BCUT2D eigenvalue weighted by Crippen LogP contribution is -2.22. The lowest BCUT2D eigenvalue weighted by Gasteiger charge is -2.02. The Morgan fingerprint density at radius 3 is 2.59 bits per heavy atom. The molecule has 1 aromatic carbocycles. The minimum Gasteiger partial charge on any atom is -0.545 e. The van der Waals surface area contributed by atoms with Gasteiger partial charge in [0.25, 0.3) is 5.91 Å². The van der Waals surface area contributed by atoms with Gasteiger partial charge in [-0.25, -0.2) is 0 Å². The predicted molar refractivity (Wildman–Crippen MR) is 84.2 cm³/mol. The third kappa shape index (κ3) is 3.39. The molecule has 0 unspecified atom stereocenters. The number of amides is 1. The van der Waals surface area contributed by atoms with Crippen LogP contribution in [0, 0.1) is 0 Å². The molecule has 0 atom stereocenters. The topological polar surface area (TPSA) is 81.6 Å². The third-order valence-corrected chi connectivity index (χ3v) is 4.64. The first-order valence-corrected chi connectivity index (χ1v) is 8.03. The third-order valence-electron chi connectivity index (χ3n) is 3.72. The summed E-state index contributed by atoms with van der Waals surface area (Å²) in [6.45, 7) is 0. The van der Waals surface area contributed by atoms with Crippen molar-refractivity contribution in [3.63, 3.8) is 0 Å². The predicted octanol–water partition coefficient (Wildman–Crippen LogP) is 1.55. The molecule has 0 radical (unpaired) electrons. The number of amidine groups is 1. The zero-order chi connectivity index (χ0) is 15.5. The van der Waals surface area contributed by atoms with Gasteiger partial charge in [-0.3, -0.25) is 9.79 Å². The first-order chi connectivity index (χ1) is 10.6. The summed E-state index contributed by atoms with van der Waals surface area (Å²) in [5.74, 6) is -1.37. The maximum atomic E-state index is 12.0. The molecule has 5 nitrogen and oxygen atoms in total. The molecule has 1 heterocycles. The van der Waals surface area contributed by atoms with Crippen LogP contribution in [0.1, 0.15) is 41.6 Å². The number of aliphatic imine (C=N–C) groups is 1. The lowest BCUT2D eigenvalue weighted by atomic mass is 10.1. The number of hydrogen-bond donors (Lipinski definition) is 1. The molecule has 0 aromatic heterocycles. The maximum Gasteiger partial charge on any atom is 0.264 e. The van der Waals surface area contributed by atoms with Gasteiger partial charge in [-0.05, 0) is 41.8 Å². The molecule has 1 aliphatic carbocycles. The molecular weight excluding hydrogens is 300 g/mol. The minimum atomic E-state index is -1.21. The number of hydrogen-bond acceptors (Lipinski definition) is 5. The molecule has 0 bridgehead atoms. The summed E-state index contributed by atoms with van der Waals surface area (Å²) >= 11 is 1.33. The van der Waals surface area contributed by atoms with Gasteiger partial charge in [0.05, 0.1) is 16.9 Å². The van der Waals surface area contributed by atoms with Crippen molar-refractivity contribution < 1.29 is 14.7 Å². The van der Waals surface area contributed by atoms with Crippen LogP contribution in [0.25, 0.3) is 6.08 Å². The van der Waals surface area contributed by atoms with Gasteiger partial charge in [-0.1, -0.05) is 37.1 Å². The summed E-state index contributed by atoms with van der Waals surface area (Å²) in [5.41, 5.74) is 0.888. The molecule has 2 fully saturated rings. The number of aromatic carboxylic acids is 1. The van der Waals surface area contributed by atoms with Crippen LogP contribution in [-0.2, 0) is 4.79 Å². The normalized spacial score (nSPS) is 22.5. The van der Waals surface area contributed by atoms with Crippen LogP contribution in [-0.4, -0.2) is 23.1 Å². The zero-order valence-corrected chi connectivity index (χ0v) is 12.7. The summed E-state index contributed by atoms with van der Waals surface area (Å²) in [6.07, 6.45) is 6.31. The molecular formula is C16H15N2O3S-. The summed E-state index contributed by atoms with van der Waals surface area (Å²) in [7, 11) is 0. The smallest absolute Gasteiger partial charge is 0.264 e. The second-order valence-corrected chi connectivity index (χ2v) is 6.38. The highest BCUT2D eigenvalue weighted by Crippen LogP contribution is 2.29. The van der Waals surface area contributed by atoms with E-state index in [1.807, 2.05) is 0 Å². The van der Waals surface area contributed by atoms with E-state index in [1.165, 1.54) is 36.7 Å². The van der Waals surface area contributed by atoms with Crippen molar-refractivity contribution in [1.82, 2.24) is 5.32 Å². The van der Waals surface area contributed by atoms with E-state index in [1.54, 1.807) is 18.2 Å². The molecule has 114 valence electrons. The zero-order valence-electron chi connectivity index (χ0n) is 11.9. The molecule has 1 N–H and O–H groups in total.